The largest absolute Gasteiger partial charge is 0.489 e. The lowest BCUT2D eigenvalue weighted by Gasteiger charge is -2.24. The van der Waals surface area contributed by atoms with Crippen molar-refractivity contribution < 1.29 is 4.74 Å². The van der Waals surface area contributed by atoms with E-state index >= 15 is 0 Å². The smallest absolute Gasteiger partial charge is 0.132 e. The van der Waals surface area contributed by atoms with Crippen LogP contribution in [0.15, 0.2) is 53.5 Å². The first-order chi connectivity index (χ1) is 16.7. The van der Waals surface area contributed by atoms with Gasteiger partial charge in [-0.25, -0.2) is 0 Å². The molecule has 180 valence electrons. The summed E-state index contributed by atoms with van der Waals surface area (Å²) in [7, 11) is 0. The van der Waals surface area contributed by atoms with Gasteiger partial charge in [-0.05, 0) is 59.2 Å². The Kier molecular flexibility index (Phi) is 5.23. The minimum atomic E-state index is 0.0342. The quantitative estimate of drug-likeness (QED) is 0.318. The van der Waals surface area contributed by atoms with Crippen LogP contribution < -0.4 is 10.1 Å². The predicted molar refractivity (Wildman–Crippen MR) is 151 cm³/mol. The predicted octanol–water partition coefficient (Wildman–Crippen LogP) is 8.48. The van der Waals surface area contributed by atoms with Crippen molar-refractivity contribution in [2.75, 3.05) is 12.0 Å². The number of nitrogens with zero attached hydrogens (tertiary/aromatic N) is 1. The molecule has 4 aromatic rings. The zero-order valence-electron chi connectivity index (χ0n) is 21.5. The standard InChI is InChI=1S/C31H34N2OS/c1-17(2)13-23-18(3)34-29-22(23)11-12-25-26(29)27-28(32-16-33-30(27)35-25)20-14-19-9-7-8-10-21(19)24(15-20)31(4,5)6/h7-12,14-15,17-18,23,33H,13,16H2,1-6H3. The van der Waals surface area contributed by atoms with Crippen molar-refractivity contribution in [3.05, 3.63) is 70.8 Å². The van der Waals surface area contributed by atoms with Gasteiger partial charge in [-0.2, -0.15) is 0 Å². The Labute approximate surface area is 212 Å². The first-order valence-electron chi connectivity index (χ1n) is 12.8. The van der Waals surface area contributed by atoms with Gasteiger partial charge in [0.2, 0.25) is 0 Å². The molecule has 2 atom stereocenters. The number of aliphatic imine (C=N–C) groups is 1. The third kappa shape index (κ3) is 3.65. The van der Waals surface area contributed by atoms with Gasteiger partial charge in [-0.3, -0.25) is 4.99 Å². The van der Waals surface area contributed by atoms with Crippen LogP contribution in [0.1, 0.15) is 76.1 Å². The second-order valence-corrected chi connectivity index (χ2v) is 12.6. The molecule has 1 N–H and O–H groups in total. The average Bonchev–Trinajstić information content (AvgIpc) is 3.34. The molecule has 2 aliphatic rings. The zero-order chi connectivity index (χ0) is 24.5. The lowest BCUT2D eigenvalue weighted by Crippen LogP contribution is -2.17. The number of hydrogen-bond acceptors (Lipinski definition) is 4. The molecule has 0 aliphatic carbocycles. The van der Waals surface area contributed by atoms with E-state index < -0.39 is 0 Å². The van der Waals surface area contributed by atoms with E-state index in [2.05, 4.69) is 95.4 Å². The molecule has 35 heavy (non-hydrogen) atoms. The third-order valence-corrected chi connectivity index (χ3v) is 8.60. The van der Waals surface area contributed by atoms with Crippen molar-refractivity contribution in [1.82, 2.24) is 0 Å². The molecule has 0 fully saturated rings. The van der Waals surface area contributed by atoms with Crippen LogP contribution >= 0.6 is 11.3 Å². The average molecular weight is 483 g/mol. The minimum Gasteiger partial charge on any atom is -0.489 e. The highest BCUT2D eigenvalue weighted by atomic mass is 32.1. The summed E-state index contributed by atoms with van der Waals surface area (Å²) in [5.74, 6) is 2.15. The minimum absolute atomic E-state index is 0.0342. The van der Waals surface area contributed by atoms with Crippen molar-refractivity contribution in [3.63, 3.8) is 0 Å². The van der Waals surface area contributed by atoms with Gasteiger partial charge in [0.1, 0.15) is 23.5 Å². The Balaban J connectivity index is 1.58. The summed E-state index contributed by atoms with van der Waals surface area (Å²) in [6.45, 7) is 14.3. The van der Waals surface area contributed by atoms with Gasteiger partial charge >= 0.3 is 0 Å². The number of ether oxygens (including phenoxy) is 1. The number of anilines is 1. The number of rotatable bonds is 3. The monoisotopic (exact) mass is 482 g/mol. The Morgan fingerprint density at radius 1 is 1.11 bits per heavy atom. The summed E-state index contributed by atoms with van der Waals surface area (Å²) in [5.41, 5.74) is 6.24. The molecule has 2 unspecified atom stereocenters. The third-order valence-electron chi connectivity index (χ3n) is 7.49. The second-order valence-electron chi connectivity index (χ2n) is 11.6. The number of nitrogens with one attached hydrogen (secondary N) is 1. The highest BCUT2D eigenvalue weighted by molar-refractivity contribution is 7.23. The lowest BCUT2D eigenvalue weighted by atomic mass is 9.81. The van der Waals surface area contributed by atoms with Crippen LogP contribution in [0.4, 0.5) is 5.00 Å². The maximum atomic E-state index is 6.61. The normalized spacial score (nSPS) is 19.5. The first-order valence-corrected chi connectivity index (χ1v) is 13.6. The maximum absolute atomic E-state index is 6.61. The zero-order valence-corrected chi connectivity index (χ0v) is 22.3. The topological polar surface area (TPSA) is 33.6 Å². The van der Waals surface area contributed by atoms with Gasteiger partial charge in [0.05, 0.1) is 5.71 Å². The van der Waals surface area contributed by atoms with Crippen molar-refractivity contribution in [2.45, 2.75) is 65.4 Å². The van der Waals surface area contributed by atoms with Gasteiger partial charge in [0.25, 0.3) is 0 Å². The van der Waals surface area contributed by atoms with Gasteiger partial charge in [-0.1, -0.05) is 65.0 Å². The Morgan fingerprint density at radius 3 is 2.69 bits per heavy atom. The molecule has 0 saturated heterocycles. The fourth-order valence-electron chi connectivity index (χ4n) is 5.87. The second kappa shape index (κ2) is 8.09. The molecule has 0 amide bonds. The van der Waals surface area contributed by atoms with Crippen LogP contribution in [0.2, 0.25) is 0 Å². The molecule has 0 radical (unpaired) electrons. The molecule has 3 nitrogen and oxygen atoms in total. The SMILES string of the molecule is CC(C)CC1c2ccc3sc4c(c3c2OC1C)C(c1cc(C(C)(C)C)c2ccccc2c1)=NCN4. The van der Waals surface area contributed by atoms with Gasteiger partial charge in [0.15, 0.2) is 0 Å². The molecular weight excluding hydrogens is 448 g/mol. The molecular formula is C31H34N2OS. The Morgan fingerprint density at radius 2 is 1.91 bits per heavy atom. The van der Waals surface area contributed by atoms with Crippen LogP contribution in [0.5, 0.6) is 5.75 Å². The fourth-order valence-corrected chi connectivity index (χ4v) is 6.96. The molecule has 3 heterocycles. The lowest BCUT2D eigenvalue weighted by molar-refractivity contribution is 0.215. The van der Waals surface area contributed by atoms with Gasteiger partial charge < -0.3 is 10.1 Å². The summed E-state index contributed by atoms with van der Waals surface area (Å²) >= 11 is 1.82. The van der Waals surface area contributed by atoms with E-state index in [0.29, 0.717) is 18.5 Å². The summed E-state index contributed by atoms with van der Waals surface area (Å²) in [4.78, 5) is 5.06. The van der Waals surface area contributed by atoms with Crippen LogP contribution in [-0.4, -0.2) is 18.5 Å². The summed E-state index contributed by atoms with van der Waals surface area (Å²) < 4.78 is 7.88. The summed E-state index contributed by atoms with van der Waals surface area (Å²) in [6, 6.07) is 18.0. The van der Waals surface area contributed by atoms with Crippen LogP contribution in [-0.2, 0) is 5.41 Å². The van der Waals surface area contributed by atoms with Gasteiger partial charge in [0, 0.05) is 32.7 Å². The molecule has 0 spiro atoms. The summed E-state index contributed by atoms with van der Waals surface area (Å²) in [5, 5.41) is 8.58. The number of hydrogen-bond donors (Lipinski definition) is 1. The molecule has 4 heteroatoms. The molecule has 3 aromatic carbocycles. The Hall–Kier alpha value is -2.85. The molecule has 2 aliphatic heterocycles. The van der Waals surface area contributed by atoms with Gasteiger partial charge in [-0.15, -0.1) is 11.3 Å². The molecule has 6 rings (SSSR count). The highest BCUT2D eigenvalue weighted by Crippen LogP contribution is 2.51. The summed E-state index contributed by atoms with van der Waals surface area (Å²) in [6.07, 6.45) is 1.34. The van der Waals surface area contributed by atoms with Crippen molar-refractivity contribution in [2.24, 2.45) is 10.9 Å². The number of benzene rings is 3. The van der Waals surface area contributed by atoms with E-state index in [1.807, 2.05) is 11.3 Å². The van der Waals surface area contributed by atoms with E-state index in [4.69, 9.17) is 9.73 Å². The van der Waals surface area contributed by atoms with E-state index in [9.17, 15) is 0 Å². The van der Waals surface area contributed by atoms with Crippen LogP contribution in [0.3, 0.4) is 0 Å². The number of fused-ring (bicyclic) bond motifs is 6. The van der Waals surface area contributed by atoms with E-state index in [0.717, 1.165) is 17.9 Å². The van der Waals surface area contributed by atoms with E-state index in [-0.39, 0.29) is 11.5 Å². The van der Waals surface area contributed by atoms with Crippen LogP contribution in [0.25, 0.3) is 20.9 Å². The van der Waals surface area contributed by atoms with E-state index in [1.54, 1.807) is 0 Å². The maximum Gasteiger partial charge on any atom is 0.132 e. The van der Waals surface area contributed by atoms with E-state index in [1.165, 1.54) is 48.1 Å². The van der Waals surface area contributed by atoms with Crippen molar-refractivity contribution >= 4 is 42.9 Å². The van der Waals surface area contributed by atoms with Crippen molar-refractivity contribution in [1.29, 1.82) is 0 Å². The fraction of sp³-hybridized carbons (Fsp3) is 0.387. The highest BCUT2D eigenvalue weighted by Gasteiger charge is 2.36. The number of thiophene rings is 1. The Bertz CT molecular complexity index is 1490. The molecule has 1 aromatic heterocycles. The molecule has 0 saturated carbocycles. The molecule has 0 bridgehead atoms. The van der Waals surface area contributed by atoms with Crippen molar-refractivity contribution in [3.8, 4) is 5.75 Å². The van der Waals surface area contributed by atoms with Crippen LogP contribution in [0, 0.1) is 5.92 Å². The first kappa shape index (κ1) is 22.6.